The van der Waals surface area contributed by atoms with E-state index in [1.165, 1.54) is 4.90 Å². The van der Waals surface area contributed by atoms with Gasteiger partial charge < -0.3 is 10.0 Å². The Morgan fingerprint density at radius 1 is 1.47 bits per heavy atom. The molecule has 1 fully saturated rings. The Bertz CT molecular complexity index is 495. The van der Waals surface area contributed by atoms with E-state index in [1.807, 2.05) is 19.9 Å². The Labute approximate surface area is 112 Å². The lowest BCUT2D eigenvalue weighted by Crippen LogP contribution is -2.40. The molecule has 0 spiro atoms. The Balaban J connectivity index is 1.94. The fourth-order valence-corrected chi connectivity index (χ4v) is 2.57. The SMILES string of the molecule is Cc1cc(C)n(CCC(=O)N2CCCC2C(=O)O)n1. The third kappa shape index (κ3) is 2.94. The summed E-state index contributed by atoms with van der Waals surface area (Å²) in [5.74, 6) is -1.01. The van der Waals surface area contributed by atoms with Crippen LogP contribution in [0.1, 0.15) is 30.7 Å². The van der Waals surface area contributed by atoms with Gasteiger partial charge in [0.25, 0.3) is 0 Å². The normalized spacial score (nSPS) is 18.8. The summed E-state index contributed by atoms with van der Waals surface area (Å²) >= 11 is 0. The van der Waals surface area contributed by atoms with E-state index in [1.54, 1.807) is 4.68 Å². The molecule has 2 rings (SSSR count). The summed E-state index contributed by atoms with van der Waals surface area (Å²) in [6, 6.07) is 1.31. The highest BCUT2D eigenvalue weighted by Crippen LogP contribution is 2.18. The first kappa shape index (κ1) is 13.6. The van der Waals surface area contributed by atoms with E-state index in [0.29, 0.717) is 25.9 Å². The van der Waals surface area contributed by atoms with Crippen molar-refractivity contribution in [3.05, 3.63) is 17.5 Å². The third-order valence-electron chi connectivity index (χ3n) is 3.50. The predicted octanol–water partition coefficient (Wildman–Crippen LogP) is 0.966. The van der Waals surface area contributed by atoms with Gasteiger partial charge in [-0.3, -0.25) is 9.48 Å². The molecule has 1 aromatic rings. The number of hydrogen-bond donors (Lipinski definition) is 1. The number of carboxylic acid groups (broad SMARTS) is 1. The maximum atomic E-state index is 12.1. The second-order valence-electron chi connectivity index (χ2n) is 4.98. The van der Waals surface area contributed by atoms with Crippen molar-refractivity contribution in [2.45, 2.75) is 45.7 Å². The molecule has 6 heteroatoms. The van der Waals surface area contributed by atoms with Gasteiger partial charge in [-0.2, -0.15) is 5.10 Å². The zero-order valence-corrected chi connectivity index (χ0v) is 11.3. The first-order valence-electron chi connectivity index (χ1n) is 6.52. The van der Waals surface area contributed by atoms with Crippen molar-refractivity contribution in [3.8, 4) is 0 Å². The van der Waals surface area contributed by atoms with Crippen LogP contribution in [0.5, 0.6) is 0 Å². The van der Waals surface area contributed by atoms with Gasteiger partial charge in [-0.25, -0.2) is 4.79 Å². The van der Waals surface area contributed by atoms with Gasteiger partial charge in [-0.05, 0) is 32.8 Å². The maximum Gasteiger partial charge on any atom is 0.326 e. The first-order chi connectivity index (χ1) is 8.99. The molecule has 1 atom stereocenters. The van der Waals surface area contributed by atoms with E-state index in [-0.39, 0.29) is 5.91 Å². The van der Waals surface area contributed by atoms with Gasteiger partial charge in [-0.15, -0.1) is 0 Å². The number of aryl methyl sites for hydroxylation is 3. The first-order valence-corrected chi connectivity index (χ1v) is 6.52. The van der Waals surface area contributed by atoms with E-state index in [2.05, 4.69) is 5.10 Å². The molecule has 1 saturated heterocycles. The molecule has 6 nitrogen and oxygen atoms in total. The minimum Gasteiger partial charge on any atom is -0.480 e. The summed E-state index contributed by atoms with van der Waals surface area (Å²) in [7, 11) is 0. The third-order valence-corrected chi connectivity index (χ3v) is 3.50. The zero-order valence-electron chi connectivity index (χ0n) is 11.3. The Morgan fingerprint density at radius 2 is 2.21 bits per heavy atom. The molecular formula is C13H19N3O3. The number of rotatable bonds is 4. The van der Waals surface area contributed by atoms with Crippen LogP contribution in [-0.4, -0.2) is 44.3 Å². The number of nitrogens with zero attached hydrogens (tertiary/aromatic N) is 3. The number of likely N-dealkylation sites (tertiary alicyclic amines) is 1. The second-order valence-corrected chi connectivity index (χ2v) is 4.98. The van der Waals surface area contributed by atoms with Crippen molar-refractivity contribution in [3.63, 3.8) is 0 Å². The Morgan fingerprint density at radius 3 is 2.79 bits per heavy atom. The molecule has 2 heterocycles. The molecule has 1 aromatic heterocycles. The molecule has 1 amide bonds. The molecule has 104 valence electrons. The Hall–Kier alpha value is -1.85. The molecule has 0 aromatic carbocycles. The minimum absolute atomic E-state index is 0.0996. The molecule has 1 N–H and O–H groups in total. The number of carbonyl (C=O) groups is 2. The van der Waals surface area contributed by atoms with Crippen LogP contribution < -0.4 is 0 Å². The molecule has 0 aliphatic carbocycles. The molecule has 19 heavy (non-hydrogen) atoms. The number of carboxylic acids is 1. The van der Waals surface area contributed by atoms with Crippen molar-refractivity contribution in [1.82, 2.24) is 14.7 Å². The number of carbonyl (C=O) groups excluding carboxylic acids is 1. The summed E-state index contributed by atoms with van der Waals surface area (Å²) in [4.78, 5) is 24.6. The van der Waals surface area contributed by atoms with Gasteiger partial charge in [0.05, 0.1) is 5.69 Å². The summed E-state index contributed by atoms with van der Waals surface area (Å²) in [6.07, 6.45) is 1.62. The summed E-state index contributed by atoms with van der Waals surface area (Å²) in [5.41, 5.74) is 1.94. The maximum absolute atomic E-state index is 12.1. The van der Waals surface area contributed by atoms with Crippen LogP contribution in [0.15, 0.2) is 6.07 Å². The van der Waals surface area contributed by atoms with Crippen molar-refractivity contribution < 1.29 is 14.7 Å². The smallest absolute Gasteiger partial charge is 0.326 e. The van der Waals surface area contributed by atoms with Gasteiger partial charge in [-0.1, -0.05) is 0 Å². The van der Waals surface area contributed by atoms with Crippen LogP contribution in [0.25, 0.3) is 0 Å². The van der Waals surface area contributed by atoms with Gasteiger partial charge in [0, 0.05) is 25.2 Å². The number of hydrogen-bond acceptors (Lipinski definition) is 3. The average molecular weight is 265 g/mol. The zero-order chi connectivity index (χ0) is 14.0. The highest BCUT2D eigenvalue weighted by molar-refractivity contribution is 5.84. The second kappa shape index (κ2) is 5.42. The lowest BCUT2D eigenvalue weighted by atomic mass is 10.2. The van der Waals surface area contributed by atoms with Crippen molar-refractivity contribution in [2.24, 2.45) is 0 Å². The van der Waals surface area contributed by atoms with Crippen LogP contribution in [0.4, 0.5) is 0 Å². The van der Waals surface area contributed by atoms with E-state index >= 15 is 0 Å². The summed E-state index contributed by atoms with van der Waals surface area (Å²) in [6.45, 7) is 4.90. The highest BCUT2D eigenvalue weighted by atomic mass is 16.4. The fourth-order valence-electron chi connectivity index (χ4n) is 2.57. The largest absolute Gasteiger partial charge is 0.480 e. The fraction of sp³-hybridized carbons (Fsp3) is 0.615. The van der Waals surface area contributed by atoms with Gasteiger partial charge in [0.2, 0.25) is 5.91 Å². The van der Waals surface area contributed by atoms with E-state index in [9.17, 15) is 9.59 Å². The standard InChI is InChI=1S/C13H19N3O3/c1-9-8-10(2)16(14-9)7-5-12(17)15-6-3-4-11(15)13(18)19/h8,11H,3-7H2,1-2H3,(H,18,19). The molecule has 0 bridgehead atoms. The van der Waals surface area contributed by atoms with Crippen LogP contribution in [-0.2, 0) is 16.1 Å². The number of aromatic nitrogens is 2. The lowest BCUT2D eigenvalue weighted by Gasteiger charge is -2.21. The van der Waals surface area contributed by atoms with Crippen LogP contribution in [0.2, 0.25) is 0 Å². The minimum atomic E-state index is -0.906. The van der Waals surface area contributed by atoms with Crippen LogP contribution in [0, 0.1) is 13.8 Å². The molecule has 0 radical (unpaired) electrons. The monoisotopic (exact) mass is 265 g/mol. The predicted molar refractivity (Wildman–Crippen MR) is 68.7 cm³/mol. The van der Waals surface area contributed by atoms with E-state index in [0.717, 1.165) is 17.8 Å². The average Bonchev–Trinajstić information content (AvgIpc) is 2.93. The van der Waals surface area contributed by atoms with E-state index in [4.69, 9.17) is 5.11 Å². The lowest BCUT2D eigenvalue weighted by molar-refractivity contribution is -0.148. The molecule has 0 saturated carbocycles. The number of amides is 1. The van der Waals surface area contributed by atoms with Crippen LogP contribution >= 0.6 is 0 Å². The van der Waals surface area contributed by atoms with Crippen molar-refractivity contribution in [1.29, 1.82) is 0 Å². The molecule has 1 aliphatic heterocycles. The van der Waals surface area contributed by atoms with E-state index < -0.39 is 12.0 Å². The van der Waals surface area contributed by atoms with Crippen LogP contribution in [0.3, 0.4) is 0 Å². The Kier molecular flexibility index (Phi) is 3.87. The summed E-state index contributed by atoms with van der Waals surface area (Å²) in [5, 5.41) is 13.3. The van der Waals surface area contributed by atoms with Gasteiger partial charge in [0.1, 0.15) is 6.04 Å². The van der Waals surface area contributed by atoms with Gasteiger partial charge >= 0.3 is 5.97 Å². The molecule has 1 aliphatic rings. The quantitative estimate of drug-likeness (QED) is 0.880. The molecular weight excluding hydrogens is 246 g/mol. The highest BCUT2D eigenvalue weighted by Gasteiger charge is 2.33. The van der Waals surface area contributed by atoms with Crippen molar-refractivity contribution in [2.75, 3.05) is 6.54 Å². The topological polar surface area (TPSA) is 75.4 Å². The summed E-state index contributed by atoms with van der Waals surface area (Å²) < 4.78 is 1.79. The van der Waals surface area contributed by atoms with Crippen molar-refractivity contribution >= 4 is 11.9 Å². The number of aliphatic carboxylic acids is 1. The molecule has 1 unspecified atom stereocenters. The van der Waals surface area contributed by atoms with Gasteiger partial charge in [0.15, 0.2) is 0 Å².